The van der Waals surface area contributed by atoms with Crippen LogP contribution < -0.4 is 4.74 Å². The summed E-state index contributed by atoms with van der Waals surface area (Å²) in [6.45, 7) is 0.567. The summed E-state index contributed by atoms with van der Waals surface area (Å²) in [4.78, 5) is 13.3. The van der Waals surface area contributed by atoms with Gasteiger partial charge in [0.05, 0.1) is 18.4 Å². The number of rotatable bonds is 7. The molecule has 3 aromatic heterocycles. The van der Waals surface area contributed by atoms with Gasteiger partial charge in [0.1, 0.15) is 11.9 Å². The van der Waals surface area contributed by atoms with E-state index in [1.165, 1.54) is 12.1 Å². The molecule has 4 aromatic rings. The van der Waals surface area contributed by atoms with E-state index < -0.39 is 6.10 Å². The van der Waals surface area contributed by atoms with Crippen LogP contribution in [0, 0.1) is 5.82 Å². The van der Waals surface area contributed by atoms with Crippen molar-refractivity contribution in [1.82, 2.24) is 25.1 Å². The summed E-state index contributed by atoms with van der Waals surface area (Å²) in [5, 5.41) is 16.7. The van der Waals surface area contributed by atoms with Gasteiger partial charge in [0.2, 0.25) is 5.88 Å². The zero-order chi connectivity index (χ0) is 22.6. The Bertz CT molecular complexity index is 1210. The monoisotopic (exact) mass is 447 g/mol. The van der Waals surface area contributed by atoms with E-state index in [1.54, 1.807) is 30.6 Å². The molecule has 8 nitrogen and oxygen atoms in total. The molecule has 0 amide bonds. The molecule has 4 heterocycles. The Morgan fingerprint density at radius 1 is 1.09 bits per heavy atom. The molecule has 5 rings (SSSR count). The van der Waals surface area contributed by atoms with Crippen LogP contribution in [-0.2, 0) is 4.74 Å². The third-order valence-corrected chi connectivity index (χ3v) is 5.47. The van der Waals surface area contributed by atoms with Crippen LogP contribution in [-0.4, -0.2) is 55.7 Å². The molecule has 1 aliphatic heterocycles. The Morgan fingerprint density at radius 2 is 1.97 bits per heavy atom. The van der Waals surface area contributed by atoms with Crippen molar-refractivity contribution < 1.29 is 19.0 Å². The Morgan fingerprint density at radius 3 is 2.67 bits per heavy atom. The minimum Gasteiger partial charge on any atom is -0.469 e. The Hall–Kier alpha value is -3.69. The number of H-pyrrole nitrogens is 1. The fraction of sp³-hybridized carbons (Fsp3) is 0.250. The van der Waals surface area contributed by atoms with E-state index in [-0.39, 0.29) is 18.5 Å². The summed E-state index contributed by atoms with van der Waals surface area (Å²) in [5.41, 5.74) is 2.90. The first-order chi connectivity index (χ1) is 16.2. The molecule has 0 radical (unpaired) electrons. The average molecular weight is 447 g/mol. The number of nitrogens with one attached hydrogen (secondary N) is 1. The summed E-state index contributed by atoms with van der Waals surface area (Å²) in [6, 6.07) is 13.5. The molecule has 2 atom stereocenters. The molecule has 9 heteroatoms. The fourth-order valence-electron chi connectivity index (χ4n) is 3.74. The highest BCUT2D eigenvalue weighted by Gasteiger charge is 2.27. The van der Waals surface area contributed by atoms with Gasteiger partial charge in [0.25, 0.3) is 0 Å². The standard InChI is InChI=1S/C24H22FN5O3/c25-18-4-1-3-15(11-18)23-28-24(30-29-23)17-6-8-19(26-13-17)16-7-9-22(27-12-16)33-21(14-31)20-5-2-10-32-20/h1,3-4,6-9,11-13,20-21,31H,2,5,10,14H2,(H,28,29,30)/t20-,21-/m0/s1. The average Bonchev–Trinajstić information content (AvgIpc) is 3.56. The fourth-order valence-corrected chi connectivity index (χ4v) is 3.74. The summed E-state index contributed by atoms with van der Waals surface area (Å²) < 4.78 is 24.9. The van der Waals surface area contributed by atoms with Gasteiger partial charge in [-0.05, 0) is 43.2 Å². The number of aromatic amines is 1. The van der Waals surface area contributed by atoms with Crippen LogP contribution in [0.3, 0.4) is 0 Å². The van der Waals surface area contributed by atoms with Crippen LogP contribution in [0.5, 0.6) is 5.88 Å². The van der Waals surface area contributed by atoms with Crippen molar-refractivity contribution in [3.63, 3.8) is 0 Å². The lowest BCUT2D eigenvalue weighted by atomic mass is 10.1. The second-order valence-corrected chi connectivity index (χ2v) is 7.73. The van der Waals surface area contributed by atoms with E-state index in [0.717, 1.165) is 29.7 Å². The van der Waals surface area contributed by atoms with Crippen molar-refractivity contribution in [2.45, 2.75) is 25.0 Å². The topological polar surface area (TPSA) is 106 Å². The largest absolute Gasteiger partial charge is 0.469 e. The number of aromatic nitrogens is 5. The first-order valence-electron chi connectivity index (χ1n) is 10.7. The van der Waals surface area contributed by atoms with Crippen LogP contribution in [0.15, 0.2) is 60.9 Å². The summed E-state index contributed by atoms with van der Waals surface area (Å²) in [6.07, 6.45) is 4.66. The molecular weight excluding hydrogens is 425 g/mol. The van der Waals surface area contributed by atoms with Crippen molar-refractivity contribution in [2.75, 3.05) is 13.2 Å². The van der Waals surface area contributed by atoms with Crippen LogP contribution in [0.4, 0.5) is 4.39 Å². The molecule has 1 saturated heterocycles. The van der Waals surface area contributed by atoms with Gasteiger partial charge in [0.15, 0.2) is 11.6 Å². The maximum absolute atomic E-state index is 13.5. The number of benzene rings is 1. The summed E-state index contributed by atoms with van der Waals surface area (Å²) >= 11 is 0. The van der Waals surface area contributed by atoms with Crippen LogP contribution in [0.2, 0.25) is 0 Å². The normalized spacial score (nSPS) is 16.6. The van der Waals surface area contributed by atoms with Crippen molar-refractivity contribution in [3.8, 4) is 39.9 Å². The molecule has 1 aliphatic rings. The molecule has 1 fully saturated rings. The minimum atomic E-state index is -0.429. The maximum atomic E-state index is 13.5. The van der Waals surface area contributed by atoms with Crippen molar-refractivity contribution in [2.24, 2.45) is 0 Å². The van der Waals surface area contributed by atoms with E-state index in [4.69, 9.17) is 9.47 Å². The third-order valence-electron chi connectivity index (χ3n) is 5.47. The van der Waals surface area contributed by atoms with Crippen molar-refractivity contribution in [3.05, 3.63) is 66.7 Å². The number of ether oxygens (including phenoxy) is 2. The Labute approximate surface area is 189 Å². The smallest absolute Gasteiger partial charge is 0.213 e. The van der Waals surface area contributed by atoms with Gasteiger partial charge in [-0.25, -0.2) is 14.4 Å². The van der Waals surface area contributed by atoms with Gasteiger partial charge in [0, 0.05) is 41.8 Å². The highest BCUT2D eigenvalue weighted by molar-refractivity contribution is 5.64. The first-order valence-corrected chi connectivity index (χ1v) is 10.7. The number of hydrogen-bond acceptors (Lipinski definition) is 7. The quantitative estimate of drug-likeness (QED) is 0.445. The lowest BCUT2D eigenvalue weighted by Crippen LogP contribution is -2.34. The van der Waals surface area contributed by atoms with Crippen molar-refractivity contribution >= 4 is 0 Å². The molecular formula is C24H22FN5O3. The second-order valence-electron chi connectivity index (χ2n) is 7.73. The van der Waals surface area contributed by atoms with E-state index in [0.29, 0.717) is 29.7 Å². The molecule has 0 unspecified atom stereocenters. The highest BCUT2D eigenvalue weighted by atomic mass is 19.1. The number of pyridine rings is 2. The lowest BCUT2D eigenvalue weighted by Gasteiger charge is -2.21. The molecule has 0 spiro atoms. The van der Waals surface area contributed by atoms with Gasteiger partial charge in [-0.15, -0.1) is 0 Å². The summed E-state index contributed by atoms with van der Waals surface area (Å²) in [7, 11) is 0. The van der Waals surface area contributed by atoms with Gasteiger partial charge >= 0.3 is 0 Å². The zero-order valence-electron chi connectivity index (χ0n) is 17.7. The number of nitrogens with zero attached hydrogens (tertiary/aromatic N) is 4. The van der Waals surface area contributed by atoms with Gasteiger partial charge in [-0.1, -0.05) is 12.1 Å². The van der Waals surface area contributed by atoms with E-state index in [9.17, 15) is 9.50 Å². The molecule has 168 valence electrons. The third kappa shape index (κ3) is 4.74. The molecule has 0 saturated carbocycles. The molecule has 33 heavy (non-hydrogen) atoms. The van der Waals surface area contributed by atoms with Crippen LogP contribution in [0.25, 0.3) is 34.0 Å². The maximum Gasteiger partial charge on any atom is 0.213 e. The SMILES string of the molecule is OC[C@H](Oc1ccc(-c2ccc(-c3n[nH]c(-c4cccc(F)c4)n3)cn2)cn1)[C@@H]1CCCO1. The van der Waals surface area contributed by atoms with Crippen LogP contribution >= 0.6 is 0 Å². The van der Waals surface area contributed by atoms with Crippen molar-refractivity contribution in [1.29, 1.82) is 0 Å². The van der Waals surface area contributed by atoms with E-state index in [1.807, 2.05) is 18.2 Å². The van der Waals surface area contributed by atoms with E-state index in [2.05, 4.69) is 25.1 Å². The van der Waals surface area contributed by atoms with Gasteiger partial charge in [-0.3, -0.25) is 10.1 Å². The number of halogens is 1. The lowest BCUT2D eigenvalue weighted by molar-refractivity contribution is -0.0163. The molecule has 2 N–H and O–H groups in total. The molecule has 1 aromatic carbocycles. The molecule has 0 aliphatic carbocycles. The predicted octanol–water partition coefficient (Wildman–Crippen LogP) is 3.65. The van der Waals surface area contributed by atoms with Gasteiger partial charge < -0.3 is 14.6 Å². The number of aliphatic hydroxyl groups excluding tert-OH is 1. The summed E-state index contributed by atoms with van der Waals surface area (Å²) in [5.74, 6) is 1.05. The molecule has 0 bridgehead atoms. The van der Waals surface area contributed by atoms with Gasteiger partial charge in [-0.2, -0.15) is 5.10 Å². The number of hydrogen-bond donors (Lipinski definition) is 2. The predicted molar refractivity (Wildman–Crippen MR) is 119 cm³/mol. The first kappa shape index (κ1) is 21.2. The highest BCUT2D eigenvalue weighted by Crippen LogP contribution is 2.25. The second kappa shape index (κ2) is 9.43. The Balaban J connectivity index is 1.28. The minimum absolute atomic E-state index is 0.109. The Kier molecular flexibility index (Phi) is 6.05. The number of aliphatic hydroxyl groups is 1. The van der Waals surface area contributed by atoms with Crippen LogP contribution in [0.1, 0.15) is 12.8 Å². The zero-order valence-corrected chi connectivity index (χ0v) is 17.7. The van der Waals surface area contributed by atoms with E-state index >= 15 is 0 Å².